The van der Waals surface area contributed by atoms with Crippen LogP contribution in [0.3, 0.4) is 0 Å². The van der Waals surface area contributed by atoms with Crippen LogP contribution in [0.1, 0.15) is 31.8 Å². The second-order valence-corrected chi connectivity index (χ2v) is 7.02. The van der Waals surface area contributed by atoms with E-state index in [9.17, 15) is 9.59 Å². The highest BCUT2D eigenvalue weighted by Gasteiger charge is 2.13. The summed E-state index contributed by atoms with van der Waals surface area (Å²) in [6.07, 6.45) is 0. The van der Waals surface area contributed by atoms with Gasteiger partial charge >= 0.3 is 5.97 Å². The molecule has 0 bridgehead atoms. The van der Waals surface area contributed by atoms with Crippen LogP contribution in [-0.4, -0.2) is 17.0 Å². The Labute approximate surface area is 177 Å². The maximum absolute atomic E-state index is 12.5. The largest absolute Gasteiger partial charge is 0.489 e. The molecule has 7 heteroatoms. The number of carbonyl (C=O) groups is 2. The lowest BCUT2D eigenvalue weighted by atomic mass is 10.1. The fraction of sp³-hybridized carbons (Fsp3) is 0.0909. The van der Waals surface area contributed by atoms with Crippen molar-refractivity contribution in [3.05, 3.63) is 99.0 Å². The summed E-state index contributed by atoms with van der Waals surface area (Å²) < 4.78 is 5.74. The fourth-order valence-corrected chi connectivity index (χ4v) is 3.03. The highest BCUT2D eigenvalue weighted by molar-refractivity contribution is 6.34. The molecule has 0 heterocycles. The SMILES string of the molecule is O=C(O)c1cccc(CNC(=O)c2cc(OCc3ccccc3Cl)ccc2Cl)c1. The third kappa shape index (κ3) is 5.50. The van der Waals surface area contributed by atoms with Gasteiger partial charge in [0.05, 0.1) is 16.1 Å². The van der Waals surface area contributed by atoms with E-state index in [1.807, 2.05) is 18.2 Å². The van der Waals surface area contributed by atoms with Crippen molar-refractivity contribution in [2.24, 2.45) is 0 Å². The molecule has 2 N–H and O–H groups in total. The van der Waals surface area contributed by atoms with Crippen LogP contribution in [-0.2, 0) is 13.2 Å². The summed E-state index contributed by atoms with van der Waals surface area (Å²) in [6, 6.07) is 18.5. The van der Waals surface area contributed by atoms with Crippen molar-refractivity contribution >= 4 is 35.1 Å². The quantitative estimate of drug-likeness (QED) is 0.540. The molecule has 0 aromatic heterocycles. The van der Waals surface area contributed by atoms with Gasteiger partial charge in [-0.15, -0.1) is 0 Å². The second-order valence-electron chi connectivity index (χ2n) is 6.21. The van der Waals surface area contributed by atoms with Crippen molar-refractivity contribution in [3.8, 4) is 5.75 Å². The fourth-order valence-electron chi connectivity index (χ4n) is 2.64. The van der Waals surface area contributed by atoms with Gasteiger partial charge in [-0.1, -0.05) is 53.5 Å². The van der Waals surface area contributed by atoms with E-state index in [4.69, 9.17) is 33.0 Å². The Balaban J connectivity index is 1.67. The van der Waals surface area contributed by atoms with E-state index in [-0.39, 0.29) is 35.2 Å². The Kier molecular flexibility index (Phi) is 6.75. The summed E-state index contributed by atoms with van der Waals surface area (Å²) in [4.78, 5) is 23.6. The van der Waals surface area contributed by atoms with Gasteiger partial charge < -0.3 is 15.2 Å². The van der Waals surface area contributed by atoms with Gasteiger partial charge in [0, 0.05) is 17.1 Å². The lowest BCUT2D eigenvalue weighted by molar-refractivity contribution is 0.0696. The van der Waals surface area contributed by atoms with Crippen molar-refractivity contribution in [2.45, 2.75) is 13.2 Å². The molecule has 0 saturated carbocycles. The second kappa shape index (κ2) is 9.45. The Morgan fingerprint density at radius 1 is 0.931 bits per heavy atom. The van der Waals surface area contributed by atoms with E-state index in [2.05, 4.69) is 5.32 Å². The Morgan fingerprint density at radius 3 is 2.48 bits per heavy atom. The summed E-state index contributed by atoms with van der Waals surface area (Å²) in [6.45, 7) is 0.422. The van der Waals surface area contributed by atoms with Gasteiger partial charge in [0.2, 0.25) is 0 Å². The van der Waals surface area contributed by atoms with E-state index < -0.39 is 5.97 Å². The number of amides is 1. The number of carboxylic acid groups (broad SMARTS) is 1. The number of benzene rings is 3. The van der Waals surface area contributed by atoms with E-state index in [1.165, 1.54) is 12.1 Å². The van der Waals surface area contributed by atoms with Gasteiger partial charge in [-0.25, -0.2) is 4.79 Å². The van der Waals surface area contributed by atoms with Crippen molar-refractivity contribution in [2.75, 3.05) is 0 Å². The molecular weight excluding hydrogens is 413 g/mol. The monoisotopic (exact) mass is 429 g/mol. The molecule has 0 fully saturated rings. The average Bonchev–Trinajstić information content (AvgIpc) is 2.72. The first-order chi connectivity index (χ1) is 13.9. The molecule has 0 unspecified atom stereocenters. The van der Waals surface area contributed by atoms with Crippen molar-refractivity contribution < 1.29 is 19.4 Å². The van der Waals surface area contributed by atoms with Gasteiger partial charge in [-0.05, 0) is 42.0 Å². The van der Waals surface area contributed by atoms with Crippen LogP contribution < -0.4 is 10.1 Å². The molecule has 0 atom stereocenters. The maximum Gasteiger partial charge on any atom is 0.335 e. The van der Waals surface area contributed by atoms with Crippen LogP contribution in [0.15, 0.2) is 66.7 Å². The number of halogens is 2. The summed E-state index contributed by atoms with van der Waals surface area (Å²) in [7, 11) is 0. The lowest BCUT2D eigenvalue weighted by Gasteiger charge is -2.11. The third-order valence-electron chi connectivity index (χ3n) is 4.16. The van der Waals surface area contributed by atoms with Crippen LogP contribution in [0.4, 0.5) is 0 Å². The normalized spacial score (nSPS) is 10.4. The Morgan fingerprint density at radius 2 is 1.72 bits per heavy atom. The number of hydrogen-bond donors (Lipinski definition) is 2. The molecule has 0 aliphatic heterocycles. The molecule has 0 spiro atoms. The standard InChI is InChI=1S/C22H17Cl2NO4/c23-19-7-2-1-5-16(19)13-29-17-8-9-20(24)18(11-17)21(26)25-12-14-4-3-6-15(10-14)22(27)28/h1-11H,12-13H2,(H,25,26)(H,27,28). The first kappa shape index (κ1) is 20.7. The van der Waals surface area contributed by atoms with E-state index in [1.54, 1.807) is 36.4 Å². The zero-order valence-electron chi connectivity index (χ0n) is 15.2. The molecule has 5 nitrogen and oxygen atoms in total. The van der Waals surface area contributed by atoms with Crippen LogP contribution in [0.2, 0.25) is 10.0 Å². The molecule has 0 saturated heterocycles. The molecule has 0 aliphatic rings. The molecule has 3 rings (SSSR count). The Bertz CT molecular complexity index is 1050. The van der Waals surface area contributed by atoms with Gasteiger partial charge in [0.25, 0.3) is 5.91 Å². The van der Waals surface area contributed by atoms with Gasteiger partial charge in [0.15, 0.2) is 0 Å². The topological polar surface area (TPSA) is 75.6 Å². The predicted octanol–water partition coefficient (Wildman–Crippen LogP) is 5.20. The molecule has 3 aromatic rings. The van der Waals surface area contributed by atoms with Crippen molar-refractivity contribution in [1.82, 2.24) is 5.32 Å². The number of carbonyl (C=O) groups excluding carboxylic acids is 1. The number of nitrogens with one attached hydrogen (secondary N) is 1. The molecule has 0 radical (unpaired) electrons. The first-order valence-electron chi connectivity index (χ1n) is 8.70. The zero-order chi connectivity index (χ0) is 20.8. The van der Waals surface area contributed by atoms with E-state index in [0.29, 0.717) is 16.3 Å². The molecule has 3 aromatic carbocycles. The number of ether oxygens (including phenoxy) is 1. The summed E-state index contributed by atoms with van der Waals surface area (Å²) >= 11 is 12.3. The van der Waals surface area contributed by atoms with Crippen LogP contribution >= 0.6 is 23.2 Å². The van der Waals surface area contributed by atoms with Gasteiger partial charge in [0.1, 0.15) is 12.4 Å². The maximum atomic E-state index is 12.5. The molecular formula is C22H17Cl2NO4. The van der Waals surface area contributed by atoms with Crippen LogP contribution in [0.25, 0.3) is 0 Å². The smallest absolute Gasteiger partial charge is 0.335 e. The minimum absolute atomic E-state index is 0.157. The van der Waals surface area contributed by atoms with Crippen LogP contribution in [0.5, 0.6) is 5.75 Å². The Hall–Kier alpha value is -3.02. The number of rotatable bonds is 7. The number of aromatic carboxylic acids is 1. The first-order valence-corrected chi connectivity index (χ1v) is 9.46. The van der Waals surface area contributed by atoms with Crippen LogP contribution in [0, 0.1) is 0 Å². The average molecular weight is 430 g/mol. The minimum atomic E-state index is -1.02. The highest BCUT2D eigenvalue weighted by Crippen LogP contribution is 2.24. The van der Waals surface area contributed by atoms with Gasteiger partial charge in [-0.2, -0.15) is 0 Å². The van der Waals surface area contributed by atoms with Crippen molar-refractivity contribution in [1.29, 1.82) is 0 Å². The molecule has 29 heavy (non-hydrogen) atoms. The molecule has 1 amide bonds. The van der Waals surface area contributed by atoms with Gasteiger partial charge in [-0.3, -0.25) is 4.79 Å². The predicted molar refractivity (Wildman–Crippen MR) is 112 cm³/mol. The summed E-state index contributed by atoms with van der Waals surface area (Å²) in [5, 5.41) is 12.7. The van der Waals surface area contributed by atoms with E-state index >= 15 is 0 Å². The minimum Gasteiger partial charge on any atom is -0.489 e. The number of carboxylic acids is 1. The van der Waals surface area contributed by atoms with E-state index in [0.717, 1.165) is 5.56 Å². The van der Waals surface area contributed by atoms with Crippen molar-refractivity contribution in [3.63, 3.8) is 0 Å². The lowest BCUT2D eigenvalue weighted by Crippen LogP contribution is -2.23. The molecule has 0 aliphatic carbocycles. The summed E-state index contributed by atoms with van der Waals surface area (Å²) in [5.41, 5.74) is 1.91. The molecule has 148 valence electrons. The number of hydrogen-bond acceptors (Lipinski definition) is 3. The zero-order valence-corrected chi connectivity index (χ0v) is 16.7. The highest BCUT2D eigenvalue weighted by atomic mass is 35.5. The third-order valence-corrected chi connectivity index (χ3v) is 4.86. The summed E-state index contributed by atoms with van der Waals surface area (Å²) in [5.74, 6) is -0.934.